The average Bonchev–Trinajstić information content (AvgIpc) is 2.12. The first-order valence-corrected chi connectivity index (χ1v) is 4.96. The van der Waals surface area contributed by atoms with Crippen LogP contribution in [0.25, 0.3) is 0 Å². The zero-order valence-corrected chi connectivity index (χ0v) is 8.84. The second-order valence-corrected chi connectivity index (χ2v) is 3.05. The summed E-state index contributed by atoms with van der Waals surface area (Å²) in [5.41, 5.74) is 0. The van der Waals surface area contributed by atoms with Crippen LogP contribution in [0, 0.1) is 5.92 Å². The number of ether oxygens (including phenoxy) is 2. The van der Waals surface area contributed by atoms with Crippen LogP contribution >= 0.6 is 0 Å². The third-order valence-electron chi connectivity index (χ3n) is 1.80. The van der Waals surface area contributed by atoms with Crippen molar-refractivity contribution in [3.8, 4) is 0 Å². The predicted octanol–water partition coefficient (Wildman–Crippen LogP) is 2.00. The van der Waals surface area contributed by atoms with E-state index in [4.69, 9.17) is 9.47 Å². The minimum atomic E-state index is -0.110. The lowest BCUT2D eigenvalue weighted by Gasteiger charge is -2.09. The van der Waals surface area contributed by atoms with Crippen LogP contribution in [0.1, 0.15) is 33.6 Å². The molecule has 0 aromatic rings. The Morgan fingerprint density at radius 3 is 2.54 bits per heavy atom. The van der Waals surface area contributed by atoms with Gasteiger partial charge in [0.25, 0.3) is 0 Å². The van der Waals surface area contributed by atoms with Crippen molar-refractivity contribution in [2.24, 2.45) is 5.92 Å². The number of carbonyl (C=O) groups is 1. The second kappa shape index (κ2) is 8.05. The van der Waals surface area contributed by atoms with Gasteiger partial charge in [0.05, 0.1) is 12.5 Å². The van der Waals surface area contributed by atoms with Gasteiger partial charge in [0.1, 0.15) is 6.61 Å². The maximum Gasteiger partial charge on any atom is 0.308 e. The fourth-order valence-corrected chi connectivity index (χ4v) is 1.04. The van der Waals surface area contributed by atoms with E-state index < -0.39 is 0 Å². The summed E-state index contributed by atoms with van der Waals surface area (Å²) in [4.78, 5) is 11.2. The Hall–Kier alpha value is -0.570. The fraction of sp³-hybridized carbons (Fsp3) is 0.900. The molecule has 13 heavy (non-hydrogen) atoms. The summed E-state index contributed by atoms with van der Waals surface area (Å²) >= 11 is 0. The topological polar surface area (TPSA) is 35.5 Å². The van der Waals surface area contributed by atoms with Crippen molar-refractivity contribution in [2.75, 3.05) is 19.8 Å². The molecule has 0 aliphatic carbocycles. The average molecular weight is 188 g/mol. The first-order valence-electron chi connectivity index (χ1n) is 4.96. The van der Waals surface area contributed by atoms with Crippen molar-refractivity contribution >= 4 is 5.97 Å². The van der Waals surface area contributed by atoms with Crippen molar-refractivity contribution in [3.05, 3.63) is 0 Å². The van der Waals surface area contributed by atoms with E-state index in [0.29, 0.717) is 19.8 Å². The Balaban J connectivity index is 3.38. The molecule has 0 amide bonds. The summed E-state index contributed by atoms with van der Waals surface area (Å²) < 4.78 is 10.0. The van der Waals surface area contributed by atoms with E-state index in [1.807, 2.05) is 13.8 Å². The van der Waals surface area contributed by atoms with Crippen LogP contribution in [-0.4, -0.2) is 25.8 Å². The number of hydrogen-bond donors (Lipinski definition) is 0. The highest BCUT2D eigenvalue weighted by atomic mass is 16.6. The molecule has 0 saturated carbocycles. The fourth-order valence-electron chi connectivity index (χ4n) is 1.04. The summed E-state index contributed by atoms with van der Waals surface area (Å²) in [6.45, 7) is 7.42. The molecule has 0 aliphatic heterocycles. The number of esters is 1. The molecule has 0 unspecified atom stereocenters. The number of rotatable bonds is 7. The summed E-state index contributed by atoms with van der Waals surface area (Å²) in [5, 5.41) is 0. The summed E-state index contributed by atoms with van der Waals surface area (Å²) in [5.74, 6) is -0.0896. The maximum absolute atomic E-state index is 11.2. The number of carbonyl (C=O) groups excluding carboxylic acids is 1. The molecule has 0 N–H and O–H groups in total. The molecule has 0 saturated heterocycles. The zero-order chi connectivity index (χ0) is 10.1. The van der Waals surface area contributed by atoms with Crippen LogP contribution in [0.3, 0.4) is 0 Å². The van der Waals surface area contributed by atoms with Crippen LogP contribution in [0.4, 0.5) is 0 Å². The van der Waals surface area contributed by atoms with E-state index in [2.05, 4.69) is 6.92 Å². The third-order valence-corrected chi connectivity index (χ3v) is 1.80. The third kappa shape index (κ3) is 6.58. The van der Waals surface area contributed by atoms with Gasteiger partial charge in [0.2, 0.25) is 0 Å². The van der Waals surface area contributed by atoms with Crippen LogP contribution in [0.2, 0.25) is 0 Å². The van der Waals surface area contributed by atoms with E-state index in [1.165, 1.54) is 0 Å². The molecule has 0 bridgehead atoms. The molecular formula is C10H20O3. The Morgan fingerprint density at radius 2 is 2.00 bits per heavy atom. The highest BCUT2D eigenvalue weighted by molar-refractivity contribution is 5.71. The zero-order valence-electron chi connectivity index (χ0n) is 8.84. The van der Waals surface area contributed by atoms with Crippen LogP contribution in [0.15, 0.2) is 0 Å². The minimum Gasteiger partial charge on any atom is -0.463 e. The van der Waals surface area contributed by atoms with Crippen LogP contribution < -0.4 is 0 Å². The highest BCUT2D eigenvalue weighted by Crippen LogP contribution is 2.06. The van der Waals surface area contributed by atoms with Gasteiger partial charge < -0.3 is 9.47 Å². The van der Waals surface area contributed by atoms with Gasteiger partial charge in [-0.1, -0.05) is 20.3 Å². The van der Waals surface area contributed by atoms with Gasteiger partial charge in [-0.2, -0.15) is 0 Å². The van der Waals surface area contributed by atoms with Crippen molar-refractivity contribution in [3.63, 3.8) is 0 Å². The van der Waals surface area contributed by atoms with Crippen LogP contribution in [0.5, 0.6) is 0 Å². The molecule has 0 aromatic carbocycles. The molecule has 78 valence electrons. The summed E-state index contributed by atoms with van der Waals surface area (Å²) in [6.07, 6.45) is 1.91. The lowest BCUT2D eigenvalue weighted by molar-refractivity contribution is -0.149. The van der Waals surface area contributed by atoms with E-state index >= 15 is 0 Å². The molecule has 0 rings (SSSR count). The van der Waals surface area contributed by atoms with E-state index in [0.717, 1.165) is 12.8 Å². The molecular weight excluding hydrogens is 168 g/mol. The maximum atomic E-state index is 11.2. The van der Waals surface area contributed by atoms with Crippen molar-refractivity contribution in [2.45, 2.75) is 33.6 Å². The SMILES string of the molecule is CCC[C@@H](C)C(=O)OCCOCC. The van der Waals surface area contributed by atoms with Gasteiger partial charge in [-0.15, -0.1) is 0 Å². The minimum absolute atomic E-state index is 0.0200. The van der Waals surface area contributed by atoms with Crippen molar-refractivity contribution < 1.29 is 14.3 Å². The first kappa shape index (κ1) is 12.4. The molecule has 3 nitrogen and oxygen atoms in total. The Labute approximate surface area is 80.4 Å². The molecule has 0 heterocycles. The molecule has 0 aliphatic rings. The highest BCUT2D eigenvalue weighted by Gasteiger charge is 2.12. The van der Waals surface area contributed by atoms with Crippen molar-refractivity contribution in [1.82, 2.24) is 0 Å². The van der Waals surface area contributed by atoms with E-state index in [9.17, 15) is 4.79 Å². The van der Waals surface area contributed by atoms with Crippen LogP contribution in [-0.2, 0) is 14.3 Å². The molecule has 0 spiro atoms. The molecule has 1 atom stereocenters. The molecule has 0 fully saturated rings. The Bertz CT molecular complexity index is 134. The number of hydrogen-bond acceptors (Lipinski definition) is 3. The van der Waals surface area contributed by atoms with Gasteiger partial charge in [0, 0.05) is 6.61 Å². The van der Waals surface area contributed by atoms with Gasteiger partial charge in [0.15, 0.2) is 0 Å². The van der Waals surface area contributed by atoms with E-state index in [1.54, 1.807) is 0 Å². The van der Waals surface area contributed by atoms with Gasteiger partial charge >= 0.3 is 5.97 Å². The van der Waals surface area contributed by atoms with Crippen molar-refractivity contribution in [1.29, 1.82) is 0 Å². The largest absolute Gasteiger partial charge is 0.463 e. The van der Waals surface area contributed by atoms with Gasteiger partial charge in [-0.3, -0.25) is 4.79 Å². The molecule has 3 heteroatoms. The Kier molecular flexibility index (Phi) is 7.69. The summed E-state index contributed by atoms with van der Waals surface area (Å²) in [6, 6.07) is 0. The quantitative estimate of drug-likeness (QED) is 0.453. The summed E-state index contributed by atoms with van der Waals surface area (Å²) in [7, 11) is 0. The Morgan fingerprint density at radius 1 is 1.31 bits per heavy atom. The van der Waals surface area contributed by atoms with Gasteiger partial charge in [-0.05, 0) is 13.3 Å². The lowest BCUT2D eigenvalue weighted by atomic mass is 10.1. The lowest BCUT2D eigenvalue weighted by Crippen LogP contribution is -2.17. The smallest absolute Gasteiger partial charge is 0.308 e. The second-order valence-electron chi connectivity index (χ2n) is 3.05. The molecule has 0 radical (unpaired) electrons. The molecule has 0 aromatic heterocycles. The monoisotopic (exact) mass is 188 g/mol. The van der Waals surface area contributed by atoms with Gasteiger partial charge in [-0.25, -0.2) is 0 Å². The standard InChI is InChI=1S/C10H20O3/c1-4-6-9(3)10(11)13-8-7-12-5-2/h9H,4-8H2,1-3H3/t9-/m1/s1. The normalized spacial score (nSPS) is 12.5. The van der Waals surface area contributed by atoms with E-state index in [-0.39, 0.29) is 11.9 Å². The predicted molar refractivity (Wildman–Crippen MR) is 51.5 cm³/mol. The first-order chi connectivity index (χ1) is 6.22.